The molecule has 0 radical (unpaired) electrons. The van der Waals surface area contributed by atoms with Crippen LogP contribution in [0.4, 0.5) is 0 Å². The SMILES string of the molecule is CCCCCCCCCCCCCC(=O)OC[C@H](COP(=O)([O-])OCC1COC(C)(C)O1)OC(=O)CCCCCCCCCCCCC.CCCCCCCCCCCCCC(=O)OC[C@H](COP(=O)([O-])OCC1COC(C)(C)O1)OC(=O)CCCCCCCCCCCCC.[Ca+2]. The van der Waals surface area contributed by atoms with E-state index in [0.717, 1.165) is 77.0 Å². The average Bonchev–Trinajstić information content (AvgIpc) is 1.78. The van der Waals surface area contributed by atoms with Gasteiger partial charge in [-0.05, 0) is 53.4 Å². The minimum Gasteiger partial charge on any atom is -0.756 e. The van der Waals surface area contributed by atoms with E-state index in [9.17, 15) is 38.1 Å². The van der Waals surface area contributed by atoms with Crippen molar-refractivity contribution in [3.63, 3.8) is 0 Å². The topological polar surface area (TPSA) is 259 Å². The number of carbonyl (C=O) groups excluding carboxylic acids is 4. The molecule has 2 rings (SSSR count). The van der Waals surface area contributed by atoms with Crippen molar-refractivity contribution in [2.75, 3.05) is 52.9 Å². The Bertz CT molecular complexity index is 1850. The molecule has 0 bridgehead atoms. The third-order valence-corrected chi connectivity index (χ3v) is 19.1. The normalized spacial score (nSPS) is 17.5. The number of rotatable bonds is 66. The standard InChI is InChI=1S/2C37H71O10P.Ca/c2*1-5-7-9-11-13-15-17-19-21-23-25-27-35(38)42-29-33(31-44-48(40,41)45-32-34-30-43-37(3,4)47-34)46-36(39)28-26-24-22-20-18-16-14-12-10-8-6-2;/h2*33-34H,5-32H2,1-4H3,(H,40,41);/q;;+2/p-2/t2*33-,34?;/m11./s1. The average molecular weight is 1450 g/mol. The van der Waals surface area contributed by atoms with Crippen molar-refractivity contribution in [1.82, 2.24) is 0 Å². The van der Waals surface area contributed by atoms with E-state index in [4.69, 9.17) is 56.0 Å². The van der Waals surface area contributed by atoms with Gasteiger partial charge in [-0.2, -0.15) is 0 Å². The predicted molar refractivity (Wildman–Crippen MR) is 381 cm³/mol. The molecule has 2 aliphatic rings. The maximum atomic E-state index is 12.6. The van der Waals surface area contributed by atoms with Crippen LogP contribution in [0, 0.1) is 0 Å². The molecule has 2 saturated heterocycles. The molecule has 6 atom stereocenters. The van der Waals surface area contributed by atoms with Gasteiger partial charge >= 0.3 is 61.6 Å². The zero-order chi connectivity index (χ0) is 70.7. The van der Waals surface area contributed by atoms with Crippen molar-refractivity contribution in [1.29, 1.82) is 0 Å². The molecule has 23 heteroatoms. The van der Waals surface area contributed by atoms with E-state index in [-0.39, 0.29) is 103 Å². The largest absolute Gasteiger partial charge is 2.00 e. The molecule has 2 aliphatic heterocycles. The van der Waals surface area contributed by atoms with Gasteiger partial charge in [0, 0.05) is 25.7 Å². The summed E-state index contributed by atoms with van der Waals surface area (Å²) in [4.78, 5) is 74.9. The van der Waals surface area contributed by atoms with E-state index in [2.05, 4.69) is 27.7 Å². The minimum absolute atomic E-state index is 0. The van der Waals surface area contributed by atoms with E-state index >= 15 is 0 Å². The summed E-state index contributed by atoms with van der Waals surface area (Å²) in [5, 5.41) is 0. The molecule has 568 valence electrons. The van der Waals surface area contributed by atoms with Crippen LogP contribution in [0.3, 0.4) is 0 Å². The molecular formula is C74H140CaO20P2. The number of phosphoric acid groups is 2. The molecule has 0 spiro atoms. The van der Waals surface area contributed by atoms with Crippen LogP contribution in [-0.4, -0.2) is 150 Å². The van der Waals surface area contributed by atoms with Gasteiger partial charge in [0.2, 0.25) is 0 Å². The van der Waals surface area contributed by atoms with Gasteiger partial charge in [0.1, 0.15) is 25.4 Å². The molecule has 0 amide bonds. The van der Waals surface area contributed by atoms with Crippen molar-refractivity contribution < 1.29 is 94.1 Å². The molecule has 0 aromatic carbocycles. The quantitative estimate of drug-likeness (QED) is 0.0180. The minimum atomic E-state index is -4.74. The first-order valence-electron chi connectivity index (χ1n) is 38.7. The molecule has 0 aliphatic carbocycles. The number of unbranched alkanes of at least 4 members (excludes halogenated alkanes) is 40. The third kappa shape index (κ3) is 62.3. The van der Waals surface area contributed by atoms with Crippen LogP contribution >= 0.6 is 15.6 Å². The number of hydrogen-bond donors (Lipinski definition) is 0. The second-order valence-corrected chi connectivity index (χ2v) is 30.5. The Labute approximate surface area is 619 Å². The zero-order valence-electron chi connectivity index (χ0n) is 62.7. The van der Waals surface area contributed by atoms with Crippen LogP contribution in [0.1, 0.15) is 364 Å². The summed E-state index contributed by atoms with van der Waals surface area (Å²) in [6, 6.07) is 0. The molecule has 0 N–H and O–H groups in total. The molecule has 0 aromatic rings. The van der Waals surface area contributed by atoms with Crippen molar-refractivity contribution in [3.8, 4) is 0 Å². The van der Waals surface area contributed by atoms with Crippen LogP contribution in [0.2, 0.25) is 0 Å². The molecule has 20 nitrogen and oxygen atoms in total. The van der Waals surface area contributed by atoms with Crippen LogP contribution in [0.5, 0.6) is 0 Å². The van der Waals surface area contributed by atoms with E-state index in [1.807, 2.05) is 0 Å². The van der Waals surface area contributed by atoms with Gasteiger partial charge < -0.3 is 65.8 Å². The first kappa shape index (κ1) is 96.2. The molecule has 2 fully saturated rings. The van der Waals surface area contributed by atoms with Gasteiger partial charge in [-0.25, -0.2) is 0 Å². The Morgan fingerprint density at radius 1 is 0.351 bits per heavy atom. The van der Waals surface area contributed by atoms with Crippen LogP contribution in [0.25, 0.3) is 0 Å². The van der Waals surface area contributed by atoms with Gasteiger partial charge in [0.25, 0.3) is 15.6 Å². The Hall–Kier alpha value is -0.800. The maximum Gasteiger partial charge on any atom is 2.00 e. The summed E-state index contributed by atoms with van der Waals surface area (Å²) in [7, 11) is -9.48. The second kappa shape index (κ2) is 63.7. The van der Waals surface area contributed by atoms with Gasteiger partial charge in [-0.15, -0.1) is 0 Å². The number of esters is 4. The second-order valence-electron chi connectivity index (χ2n) is 27.7. The summed E-state index contributed by atoms with van der Waals surface area (Å²) >= 11 is 0. The smallest absolute Gasteiger partial charge is 0.756 e. The van der Waals surface area contributed by atoms with E-state index < -0.39 is 88.7 Å². The number of phosphoric ester groups is 2. The fourth-order valence-electron chi connectivity index (χ4n) is 11.4. The number of ether oxygens (including phenoxy) is 8. The van der Waals surface area contributed by atoms with Crippen molar-refractivity contribution in [3.05, 3.63) is 0 Å². The van der Waals surface area contributed by atoms with E-state index in [1.165, 1.54) is 193 Å². The van der Waals surface area contributed by atoms with E-state index in [0.29, 0.717) is 12.8 Å². The Morgan fingerprint density at radius 3 is 0.784 bits per heavy atom. The fourth-order valence-corrected chi connectivity index (χ4v) is 13.0. The van der Waals surface area contributed by atoms with Crippen molar-refractivity contribution in [2.24, 2.45) is 0 Å². The predicted octanol–water partition coefficient (Wildman–Crippen LogP) is 18.6. The molecule has 97 heavy (non-hydrogen) atoms. The molecule has 2 heterocycles. The van der Waals surface area contributed by atoms with Gasteiger partial charge in [-0.1, -0.05) is 285 Å². The number of hydrogen-bond acceptors (Lipinski definition) is 20. The van der Waals surface area contributed by atoms with Crippen LogP contribution < -0.4 is 9.79 Å². The monoisotopic (exact) mass is 1450 g/mol. The fraction of sp³-hybridized carbons (Fsp3) is 0.946. The van der Waals surface area contributed by atoms with Crippen molar-refractivity contribution in [2.45, 2.75) is 400 Å². The zero-order valence-corrected chi connectivity index (χ0v) is 66.7. The van der Waals surface area contributed by atoms with Gasteiger partial charge in [0.15, 0.2) is 23.8 Å². The van der Waals surface area contributed by atoms with Gasteiger partial charge in [-0.3, -0.25) is 28.3 Å². The summed E-state index contributed by atoms with van der Waals surface area (Å²) < 4.78 is 88.6. The van der Waals surface area contributed by atoms with Crippen LogP contribution in [-0.2, 0) is 84.3 Å². The first-order chi connectivity index (χ1) is 46.1. The summed E-state index contributed by atoms with van der Waals surface area (Å²) in [5.41, 5.74) is 0. The Balaban J connectivity index is 0.00000188. The summed E-state index contributed by atoms with van der Waals surface area (Å²) in [6.07, 6.45) is 49.3. The molecular weight excluding hydrogens is 1310 g/mol. The van der Waals surface area contributed by atoms with Crippen LogP contribution in [0.15, 0.2) is 0 Å². The van der Waals surface area contributed by atoms with E-state index in [1.54, 1.807) is 27.7 Å². The van der Waals surface area contributed by atoms with Crippen molar-refractivity contribution >= 4 is 77.3 Å². The third-order valence-electron chi connectivity index (χ3n) is 17.2. The molecule has 0 aromatic heterocycles. The van der Waals surface area contributed by atoms with Gasteiger partial charge in [0.05, 0.1) is 39.6 Å². The molecule has 0 saturated carbocycles. The Kier molecular flexibility index (Phi) is 63.1. The number of carbonyl (C=O) groups is 4. The summed E-state index contributed by atoms with van der Waals surface area (Å²) in [5.74, 6) is -3.37. The first-order valence-corrected chi connectivity index (χ1v) is 41.6. The molecule has 4 unspecified atom stereocenters. The maximum absolute atomic E-state index is 12.6. The summed E-state index contributed by atoms with van der Waals surface area (Å²) in [6.45, 7) is 14.1. The Morgan fingerprint density at radius 2 is 0.567 bits per heavy atom.